The Balaban J connectivity index is 1.96. The van der Waals surface area contributed by atoms with Gasteiger partial charge in [-0.1, -0.05) is 15.9 Å². The molecule has 0 fully saturated rings. The van der Waals surface area contributed by atoms with Gasteiger partial charge in [-0.3, -0.25) is 0 Å². The lowest BCUT2D eigenvalue weighted by Crippen LogP contribution is -2.05. The standard InChI is InChI=1S/C13H13BrN4S/c1-17-7-5-15-12(17)4-6-18-11-8-9(14)2-3-10(11)16-13(18)19/h2-3,5,7-8H,4,6H2,1H3,(H,16,19). The Bertz CT molecular complexity index is 783. The van der Waals surface area contributed by atoms with Gasteiger partial charge in [-0.05, 0) is 30.4 Å². The molecule has 0 bridgehead atoms. The van der Waals surface area contributed by atoms with E-state index in [1.54, 1.807) is 0 Å². The van der Waals surface area contributed by atoms with Crippen molar-refractivity contribution < 1.29 is 0 Å². The van der Waals surface area contributed by atoms with Crippen LogP contribution in [0.3, 0.4) is 0 Å². The maximum absolute atomic E-state index is 5.39. The van der Waals surface area contributed by atoms with E-state index in [9.17, 15) is 0 Å². The fraction of sp³-hybridized carbons (Fsp3) is 0.231. The van der Waals surface area contributed by atoms with Gasteiger partial charge in [0.25, 0.3) is 0 Å². The zero-order valence-corrected chi connectivity index (χ0v) is 12.8. The molecular formula is C13H13BrN4S. The number of benzene rings is 1. The maximum atomic E-state index is 5.39. The van der Waals surface area contributed by atoms with Crippen LogP contribution >= 0.6 is 28.1 Å². The number of hydrogen-bond acceptors (Lipinski definition) is 2. The Morgan fingerprint density at radius 1 is 1.42 bits per heavy atom. The highest BCUT2D eigenvalue weighted by Gasteiger charge is 2.06. The SMILES string of the molecule is Cn1ccnc1CCn1c(=S)[nH]c2ccc(Br)cc21. The molecule has 0 atom stereocenters. The van der Waals surface area contributed by atoms with Crippen LogP contribution in [0.5, 0.6) is 0 Å². The number of nitrogens with one attached hydrogen (secondary N) is 1. The van der Waals surface area contributed by atoms with Crippen molar-refractivity contribution in [3.8, 4) is 0 Å². The second-order valence-corrected chi connectivity index (χ2v) is 5.75. The summed E-state index contributed by atoms with van der Waals surface area (Å²) in [6, 6.07) is 6.13. The van der Waals surface area contributed by atoms with Crippen LogP contribution < -0.4 is 0 Å². The minimum absolute atomic E-state index is 0.752. The van der Waals surface area contributed by atoms with E-state index in [4.69, 9.17) is 12.2 Å². The number of H-pyrrole nitrogens is 1. The maximum Gasteiger partial charge on any atom is 0.178 e. The van der Waals surface area contributed by atoms with Gasteiger partial charge in [0.1, 0.15) is 5.82 Å². The van der Waals surface area contributed by atoms with E-state index in [2.05, 4.69) is 36.5 Å². The minimum atomic E-state index is 0.752. The normalized spacial score (nSPS) is 11.3. The summed E-state index contributed by atoms with van der Waals surface area (Å²) in [5, 5.41) is 0. The van der Waals surface area contributed by atoms with E-state index in [-0.39, 0.29) is 0 Å². The molecule has 98 valence electrons. The van der Waals surface area contributed by atoms with Crippen molar-refractivity contribution in [3.05, 3.63) is 45.7 Å². The third-order valence-corrected chi connectivity index (χ3v) is 4.03. The van der Waals surface area contributed by atoms with Crippen molar-refractivity contribution in [2.75, 3.05) is 0 Å². The Kier molecular flexibility index (Phi) is 3.28. The van der Waals surface area contributed by atoms with E-state index in [0.29, 0.717) is 0 Å². The van der Waals surface area contributed by atoms with Crippen LogP contribution in [0.15, 0.2) is 35.1 Å². The zero-order valence-electron chi connectivity index (χ0n) is 10.4. The number of aromatic nitrogens is 4. The molecule has 0 saturated carbocycles. The molecule has 0 amide bonds. The number of halogens is 1. The monoisotopic (exact) mass is 336 g/mol. The Labute approximate surface area is 124 Å². The summed E-state index contributed by atoms with van der Waals surface area (Å²) < 4.78 is 5.96. The molecule has 1 aromatic carbocycles. The van der Waals surface area contributed by atoms with Gasteiger partial charge >= 0.3 is 0 Å². The summed E-state index contributed by atoms with van der Waals surface area (Å²) in [6.45, 7) is 0.820. The molecular weight excluding hydrogens is 324 g/mol. The first-order chi connectivity index (χ1) is 9.15. The fourth-order valence-corrected chi connectivity index (χ4v) is 2.85. The average Bonchev–Trinajstić information content (AvgIpc) is 2.90. The molecule has 2 heterocycles. The number of fused-ring (bicyclic) bond motifs is 1. The van der Waals surface area contributed by atoms with Gasteiger partial charge in [0, 0.05) is 36.9 Å². The Morgan fingerprint density at radius 2 is 2.26 bits per heavy atom. The predicted octanol–water partition coefficient (Wildman–Crippen LogP) is 3.44. The molecule has 0 unspecified atom stereocenters. The van der Waals surface area contributed by atoms with Gasteiger partial charge in [-0.2, -0.15) is 0 Å². The summed E-state index contributed by atoms with van der Waals surface area (Å²) in [5.41, 5.74) is 2.18. The van der Waals surface area contributed by atoms with Crippen LogP contribution in [0, 0.1) is 4.77 Å². The van der Waals surface area contributed by atoms with Crippen molar-refractivity contribution in [1.29, 1.82) is 0 Å². The molecule has 0 saturated heterocycles. The van der Waals surface area contributed by atoms with Gasteiger partial charge < -0.3 is 14.1 Å². The highest BCUT2D eigenvalue weighted by atomic mass is 79.9. The number of aryl methyl sites for hydroxylation is 3. The number of hydrogen-bond donors (Lipinski definition) is 1. The van der Waals surface area contributed by atoms with Crippen molar-refractivity contribution >= 4 is 39.2 Å². The van der Waals surface area contributed by atoms with Crippen molar-refractivity contribution in [1.82, 2.24) is 19.1 Å². The first kappa shape index (κ1) is 12.6. The van der Waals surface area contributed by atoms with Gasteiger partial charge in [0.2, 0.25) is 0 Å². The van der Waals surface area contributed by atoms with E-state index < -0.39 is 0 Å². The highest BCUT2D eigenvalue weighted by molar-refractivity contribution is 9.10. The number of aromatic amines is 1. The van der Waals surface area contributed by atoms with E-state index in [1.807, 2.05) is 36.1 Å². The van der Waals surface area contributed by atoms with Gasteiger partial charge in [-0.15, -0.1) is 0 Å². The molecule has 0 aliphatic carbocycles. The molecule has 6 heteroatoms. The van der Waals surface area contributed by atoms with Crippen molar-refractivity contribution in [2.45, 2.75) is 13.0 Å². The lowest BCUT2D eigenvalue weighted by molar-refractivity contribution is 0.657. The summed E-state index contributed by atoms with van der Waals surface area (Å²) in [4.78, 5) is 7.57. The third kappa shape index (κ3) is 2.37. The smallest absolute Gasteiger partial charge is 0.178 e. The summed E-state index contributed by atoms with van der Waals surface area (Å²) in [6.07, 6.45) is 4.64. The molecule has 0 spiro atoms. The first-order valence-electron chi connectivity index (χ1n) is 5.99. The van der Waals surface area contributed by atoms with Crippen molar-refractivity contribution in [3.63, 3.8) is 0 Å². The number of imidazole rings is 2. The van der Waals surface area contributed by atoms with Crippen LogP contribution in [-0.4, -0.2) is 19.1 Å². The predicted molar refractivity (Wildman–Crippen MR) is 81.7 cm³/mol. The van der Waals surface area contributed by atoms with Crippen molar-refractivity contribution in [2.24, 2.45) is 7.05 Å². The quantitative estimate of drug-likeness (QED) is 0.744. The topological polar surface area (TPSA) is 38.5 Å². The van der Waals surface area contributed by atoms with Crippen LogP contribution in [0.4, 0.5) is 0 Å². The summed E-state index contributed by atoms with van der Waals surface area (Å²) in [7, 11) is 2.01. The molecule has 2 aromatic heterocycles. The van der Waals surface area contributed by atoms with E-state index >= 15 is 0 Å². The van der Waals surface area contributed by atoms with E-state index in [1.165, 1.54) is 0 Å². The fourth-order valence-electron chi connectivity index (χ4n) is 2.20. The molecule has 0 aliphatic rings. The van der Waals surface area contributed by atoms with Crippen LogP contribution in [0.2, 0.25) is 0 Å². The Hall–Kier alpha value is -1.40. The molecule has 4 nitrogen and oxygen atoms in total. The first-order valence-corrected chi connectivity index (χ1v) is 7.19. The molecule has 19 heavy (non-hydrogen) atoms. The summed E-state index contributed by atoms with van der Waals surface area (Å²) >= 11 is 8.89. The average molecular weight is 337 g/mol. The molecule has 0 radical (unpaired) electrons. The number of rotatable bonds is 3. The largest absolute Gasteiger partial charge is 0.338 e. The Morgan fingerprint density at radius 3 is 3.00 bits per heavy atom. The van der Waals surface area contributed by atoms with Gasteiger partial charge in [0.15, 0.2) is 4.77 Å². The third-order valence-electron chi connectivity index (χ3n) is 3.22. The van der Waals surface area contributed by atoms with Crippen LogP contribution in [-0.2, 0) is 20.0 Å². The molecule has 0 aliphatic heterocycles. The van der Waals surface area contributed by atoms with E-state index in [0.717, 1.165) is 39.1 Å². The van der Waals surface area contributed by atoms with Gasteiger partial charge in [0.05, 0.1) is 11.0 Å². The zero-order chi connectivity index (χ0) is 13.4. The van der Waals surface area contributed by atoms with Gasteiger partial charge in [-0.25, -0.2) is 4.98 Å². The minimum Gasteiger partial charge on any atom is -0.338 e. The van der Waals surface area contributed by atoms with Crippen LogP contribution in [0.1, 0.15) is 5.82 Å². The highest BCUT2D eigenvalue weighted by Crippen LogP contribution is 2.20. The second kappa shape index (κ2) is 4.94. The molecule has 1 N–H and O–H groups in total. The second-order valence-electron chi connectivity index (χ2n) is 4.45. The molecule has 3 aromatic rings. The summed E-state index contributed by atoms with van der Waals surface area (Å²) in [5.74, 6) is 1.06. The van der Waals surface area contributed by atoms with Crippen LogP contribution in [0.25, 0.3) is 11.0 Å². The lowest BCUT2D eigenvalue weighted by Gasteiger charge is -2.05. The molecule has 3 rings (SSSR count). The number of nitrogens with zero attached hydrogens (tertiary/aromatic N) is 3. The lowest BCUT2D eigenvalue weighted by atomic mass is 10.3.